The zero-order valence-corrected chi connectivity index (χ0v) is 11.6. The number of rotatable bonds is 2. The van der Waals surface area contributed by atoms with Crippen molar-refractivity contribution in [1.29, 1.82) is 0 Å². The molecule has 108 valence electrons. The van der Waals surface area contributed by atoms with E-state index in [9.17, 15) is 9.59 Å². The van der Waals surface area contributed by atoms with Crippen LogP contribution in [0.4, 0.5) is 11.5 Å². The minimum atomic E-state index is -0.478. The molecule has 0 radical (unpaired) electrons. The summed E-state index contributed by atoms with van der Waals surface area (Å²) >= 11 is 0. The number of anilines is 2. The molecule has 2 N–H and O–H groups in total. The van der Waals surface area contributed by atoms with Crippen molar-refractivity contribution in [2.75, 3.05) is 43.9 Å². The zero-order chi connectivity index (χ0) is 14.7. The summed E-state index contributed by atoms with van der Waals surface area (Å²) in [5, 5.41) is 0. The first kappa shape index (κ1) is 14.1. The summed E-state index contributed by atoms with van der Waals surface area (Å²) in [6.07, 6.45) is 1.46. The monoisotopic (exact) mass is 278 g/mol. The second-order valence-corrected chi connectivity index (χ2v) is 4.61. The molecule has 0 bridgehead atoms. The lowest BCUT2D eigenvalue weighted by atomic mass is 10.2. The van der Waals surface area contributed by atoms with E-state index in [0.29, 0.717) is 43.2 Å². The lowest BCUT2D eigenvalue weighted by Gasteiger charge is -2.35. The van der Waals surface area contributed by atoms with Crippen LogP contribution >= 0.6 is 0 Å². The van der Waals surface area contributed by atoms with E-state index in [1.54, 1.807) is 17.9 Å². The molecule has 1 aromatic rings. The number of nitrogens with two attached hydrogens (primary N) is 1. The molecule has 2 rings (SSSR count). The van der Waals surface area contributed by atoms with E-state index in [2.05, 4.69) is 9.72 Å². The minimum Gasteiger partial charge on any atom is -0.465 e. The number of carbonyl (C=O) groups is 2. The maximum absolute atomic E-state index is 11.6. The molecule has 7 heteroatoms. The van der Waals surface area contributed by atoms with Gasteiger partial charge in [0.25, 0.3) is 0 Å². The Morgan fingerprint density at radius 2 is 1.95 bits per heavy atom. The standard InChI is InChI=1S/C13H18N4O3/c1-9(18)16-3-5-17(6-4-16)12-7-10(13(19)20-2)11(14)8-15-12/h7-8H,3-6,14H2,1-2H3. The number of hydrogen-bond acceptors (Lipinski definition) is 6. The summed E-state index contributed by atoms with van der Waals surface area (Å²) in [6, 6.07) is 1.63. The Morgan fingerprint density at radius 3 is 2.50 bits per heavy atom. The number of nitrogens with zero attached hydrogens (tertiary/aromatic N) is 3. The van der Waals surface area contributed by atoms with Crippen LogP contribution in [0.5, 0.6) is 0 Å². The van der Waals surface area contributed by atoms with Crippen molar-refractivity contribution < 1.29 is 14.3 Å². The van der Waals surface area contributed by atoms with Crippen molar-refractivity contribution in [3.8, 4) is 0 Å². The molecule has 0 aromatic carbocycles. The number of amides is 1. The van der Waals surface area contributed by atoms with Crippen molar-refractivity contribution in [2.24, 2.45) is 0 Å². The predicted molar refractivity (Wildman–Crippen MR) is 74.5 cm³/mol. The van der Waals surface area contributed by atoms with Gasteiger partial charge in [-0.05, 0) is 6.07 Å². The van der Waals surface area contributed by atoms with Gasteiger partial charge in [0.15, 0.2) is 0 Å². The summed E-state index contributed by atoms with van der Waals surface area (Å²) in [6.45, 7) is 4.21. The fraction of sp³-hybridized carbons (Fsp3) is 0.462. The second-order valence-electron chi connectivity index (χ2n) is 4.61. The zero-order valence-electron chi connectivity index (χ0n) is 11.6. The number of aromatic nitrogens is 1. The molecule has 1 aliphatic heterocycles. The molecule has 20 heavy (non-hydrogen) atoms. The lowest BCUT2D eigenvalue weighted by Crippen LogP contribution is -2.48. The van der Waals surface area contributed by atoms with E-state index in [1.807, 2.05) is 4.90 Å². The maximum Gasteiger partial charge on any atom is 0.340 e. The molecule has 1 fully saturated rings. The number of carbonyl (C=O) groups excluding carboxylic acids is 2. The van der Waals surface area contributed by atoms with E-state index < -0.39 is 5.97 Å². The Hall–Kier alpha value is -2.31. The number of pyridine rings is 1. The van der Waals surface area contributed by atoms with Crippen LogP contribution < -0.4 is 10.6 Å². The number of hydrogen-bond donors (Lipinski definition) is 1. The molecule has 1 aliphatic rings. The molecule has 2 heterocycles. The average molecular weight is 278 g/mol. The van der Waals surface area contributed by atoms with Gasteiger partial charge in [-0.25, -0.2) is 9.78 Å². The number of piperazine rings is 1. The lowest BCUT2D eigenvalue weighted by molar-refractivity contribution is -0.129. The van der Waals surface area contributed by atoms with Gasteiger partial charge in [0.05, 0.1) is 24.6 Å². The fourth-order valence-electron chi connectivity index (χ4n) is 2.17. The van der Waals surface area contributed by atoms with Crippen LogP contribution in [0.25, 0.3) is 0 Å². The number of ether oxygens (including phenoxy) is 1. The maximum atomic E-state index is 11.6. The van der Waals surface area contributed by atoms with Gasteiger partial charge in [0.1, 0.15) is 5.82 Å². The van der Waals surface area contributed by atoms with Crippen LogP contribution in [-0.4, -0.2) is 55.0 Å². The first-order valence-corrected chi connectivity index (χ1v) is 6.37. The fourth-order valence-corrected chi connectivity index (χ4v) is 2.17. The highest BCUT2D eigenvalue weighted by atomic mass is 16.5. The molecule has 7 nitrogen and oxygen atoms in total. The van der Waals surface area contributed by atoms with E-state index >= 15 is 0 Å². The molecular weight excluding hydrogens is 260 g/mol. The molecule has 1 aromatic heterocycles. The third kappa shape index (κ3) is 2.81. The molecule has 0 saturated carbocycles. The van der Waals surface area contributed by atoms with Gasteiger partial charge in [0.2, 0.25) is 5.91 Å². The highest BCUT2D eigenvalue weighted by molar-refractivity contribution is 5.95. The first-order chi connectivity index (χ1) is 9.52. The molecular formula is C13H18N4O3. The van der Waals surface area contributed by atoms with E-state index in [-0.39, 0.29) is 5.91 Å². The largest absolute Gasteiger partial charge is 0.465 e. The molecule has 0 spiro atoms. The Balaban J connectivity index is 2.14. The van der Waals surface area contributed by atoms with Crippen LogP contribution in [0.1, 0.15) is 17.3 Å². The van der Waals surface area contributed by atoms with Gasteiger partial charge in [-0.15, -0.1) is 0 Å². The van der Waals surface area contributed by atoms with Gasteiger partial charge < -0.3 is 20.3 Å². The van der Waals surface area contributed by atoms with Gasteiger partial charge in [-0.1, -0.05) is 0 Å². The van der Waals surface area contributed by atoms with Crippen molar-refractivity contribution in [3.63, 3.8) is 0 Å². The summed E-state index contributed by atoms with van der Waals surface area (Å²) in [7, 11) is 1.31. The summed E-state index contributed by atoms with van der Waals surface area (Å²) in [5.41, 5.74) is 6.33. The van der Waals surface area contributed by atoms with E-state index in [0.717, 1.165) is 0 Å². The Morgan fingerprint density at radius 1 is 1.30 bits per heavy atom. The minimum absolute atomic E-state index is 0.0742. The third-order valence-corrected chi connectivity index (χ3v) is 3.37. The second kappa shape index (κ2) is 5.77. The molecule has 1 saturated heterocycles. The van der Waals surface area contributed by atoms with Crippen molar-refractivity contribution in [2.45, 2.75) is 6.92 Å². The van der Waals surface area contributed by atoms with E-state index in [1.165, 1.54) is 13.3 Å². The summed E-state index contributed by atoms with van der Waals surface area (Å²) < 4.78 is 4.69. The van der Waals surface area contributed by atoms with Crippen molar-refractivity contribution in [1.82, 2.24) is 9.88 Å². The Labute approximate surface area is 117 Å². The predicted octanol–water partition coefficient (Wildman–Crippen LogP) is 0.119. The molecule has 0 aliphatic carbocycles. The summed E-state index contributed by atoms with van der Waals surface area (Å²) in [5.74, 6) is 0.265. The Kier molecular flexibility index (Phi) is 4.07. The molecule has 0 unspecified atom stereocenters. The average Bonchev–Trinajstić information content (AvgIpc) is 2.47. The van der Waals surface area contributed by atoms with Crippen molar-refractivity contribution >= 4 is 23.4 Å². The van der Waals surface area contributed by atoms with Crippen molar-refractivity contribution in [3.05, 3.63) is 17.8 Å². The van der Waals surface area contributed by atoms with Crippen LogP contribution in [-0.2, 0) is 9.53 Å². The van der Waals surface area contributed by atoms with Gasteiger partial charge in [-0.3, -0.25) is 4.79 Å². The normalized spacial score (nSPS) is 15.1. The highest BCUT2D eigenvalue weighted by Gasteiger charge is 2.21. The third-order valence-electron chi connectivity index (χ3n) is 3.37. The van der Waals surface area contributed by atoms with Crippen LogP contribution in [0.2, 0.25) is 0 Å². The first-order valence-electron chi connectivity index (χ1n) is 6.37. The Bertz CT molecular complexity index is 524. The van der Waals surface area contributed by atoms with Crippen LogP contribution in [0.15, 0.2) is 12.3 Å². The number of nitrogen functional groups attached to an aromatic ring is 1. The summed E-state index contributed by atoms with van der Waals surface area (Å²) in [4.78, 5) is 30.9. The number of methoxy groups -OCH3 is 1. The topological polar surface area (TPSA) is 88.8 Å². The van der Waals surface area contributed by atoms with Crippen LogP contribution in [0.3, 0.4) is 0 Å². The van der Waals surface area contributed by atoms with Crippen LogP contribution in [0, 0.1) is 0 Å². The quantitative estimate of drug-likeness (QED) is 0.773. The van der Waals surface area contributed by atoms with Gasteiger partial charge in [-0.2, -0.15) is 0 Å². The number of esters is 1. The SMILES string of the molecule is COC(=O)c1cc(N2CCN(C(C)=O)CC2)ncc1N. The smallest absolute Gasteiger partial charge is 0.340 e. The molecule has 1 amide bonds. The van der Waals surface area contributed by atoms with E-state index in [4.69, 9.17) is 5.73 Å². The van der Waals surface area contributed by atoms with Gasteiger partial charge in [0, 0.05) is 33.1 Å². The van der Waals surface area contributed by atoms with Gasteiger partial charge >= 0.3 is 5.97 Å². The molecule has 0 atom stereocenters. The highest BCUT2D eigenvalue weighted by Crippen LogP contribution is 2.20.